The second kappa shape index (κ2) is 9.59. The highest BCUT2D eigenvalue weighted by Crippen LogP contribution is 2.19. The first kappa shape index (κ1) is 24.0. The van der Waals surface area contributed by atoms with Gasteiger partial charge < -0.3 is 5.32 Å². The zero-order chi connectivity index (χ0) is 25.2. The van der Waals surface area contributed by atoms with Crippen LogP contribution in [-0.2, 0) is 27.9 Å². The fourth-order valence-electron chi connectivity index (χ4n) is 3.70. The van der Waals surface area contributed by atoms with Crippen molar-refractivity contribution in [3.05, 3.63) is 99.2 Å². The second-order valence-electron chi connectivity index (χ2n) is 7.98. The predicted molar refractivity (Wildman–Crippen MR) is 135 cm³/mol. The number of carbonyl (C=O) groups is 1. The number of benzene rings is 3. The Morgan fingerprint density at radius 3 is 2.14 bits per heavy atom. The summed E-state index contributed by atoms with van der Waals surface area (Å²) in [5.41, 5.74) is 1.13. The van der Waals surface area contributed by atoms with E-state index in [1.165, 1.54) is 28.8 Å². The van der Waals surface area contributed by atoms with Gasteiger partial charge in [0, 0.05) is 17.9 Å². The molecule has 35 heavy (non-hydrogen) atoms. The highest BCUT2D eigenvalue weighted by atomic mass is 32.2. The van der Waals surface area contributed by atoms with Crippen LogP contribution in [0, 0.1) is 6.92 Å². The average molecular weight is 493 g/mol. The number of para-hydroxylation sites is 1. The van der Waals surface area contributed by atoms with Gasteiger partial charge in [-0.3, -0.25) is 23.4 Å². The summed E-state index contributed by atoms with van der Waals surface area (Å²) in [6, 6.07) is 19.3. The molecule has 0 unspecified atom stereocenters. The van der Waals surface area contributed by atoms with Crippen LogP contribution in [-0.4, -0.2) is 23.5 Å². The third-order valence-corrected chi connectivity index (χ3v) is 6.90. The molecule has 0 radical (unpaired) electrons. The van der Waals surface area contributed by atoms with E-state index in [0.717, 1.165) is 10.1 Å². The lowest BCUT2D eigenvalue weighted by Crippen LogP contribution is -2.41. The van der Waals surface area contributed by atoms with Crippen LogP contribution < -0.4 is 21.3 Å². The maximum absolute atomic E-state index is 12.8. The molecule has 0 aliphatic heterocycles. The molecular weight excluding hydrogens is 468 g/mol. The molecule has 1 amide bonds. The molecule has 1 aromatic heterocycles. The van der Waals surface area contributed by atoms with Gasteiger partial charge >= 0.3 is 5.69 Å². The fourth-order valence-corrected chi connectivity index (χ4v) is 4.76. The predicted octanol–water partition coefficient (Wildman–Crippen LogP) is 2.93. The van der Waals surface area contributed by atoms with Gasteiger partial charge in [0.15, 0.2) is 0 Å². The summed E-state index contributed by atoms with van der Waals surface area (Å²) in [6.45, 7) is 3.46. The first-order valence-electron chi connectivity index (χ1n) is 10.9. The lowest BCUT2D eigenvalue weighted by atomic mass is 10.2. The molecule has 2 N–H and O–H groups in total. The van der Waals surface area contributed by atoms with Crippen molar-refractivity contribution in [1.29, 1.82) is 0 Å². The van der Waals surface area contributed by atoms with Crippen LogP contribution in [0.25, 0.3) is 10.9 Å². The molecule has 10 heteroatoms. The summed E-state index contributed by atoms with van der Waals surface area (Å²) >= 11 is 0. The Morgan fingerprint density at radius 1 is 0.857 bits per heavy atom. The molecule has 0 aliphatic rings. The Hall–Kier alpha value is -4.18. The Morgan fingerprint density at radius 2 is 1.49 bits per heavy atom. The Bertz CT molecular complexity index is 1620. The van der Waals surface area contributed by atoms with Crippen molar-refractivity contribution < 1.29 is 13.2 Å². The summed E-state index contributed by atoms with van der Waals surface area (Å²) in [6.07, 6.45) is 0. The van der Waals surface area contributed by atoms with Gasteiger partial charge in [0.1, 0.15) is 6.54 Å². The summed E-state index contributed by atoms with van der Waals surface area (Å²) in [5.74, 6) is -0.466. The van der Waals surface area contributed by atoms with Crippen LogP contribution in [0.5, 0.6) is 0 Å². The van der Waals surface area contributed by atoms with Crippen LogP contribution in [0.1, 0.15) is 12.5 Å². The van der Waals surface area contributed by atoms with E-state index in [4.69, 9.17) is 0 Å². The topological polar surface area (TPSA) is 119 Å². The Balaban J connectivity index is 1.51. The number of hydrogen-bond donors (Lipinski definition) is 2. The van der Waals surface area contributed by atoms with Crippen molar-refractivity contribution in [1.82, 2.24) is 9.13 Å². The van der Waals surface area contributed by atoms with E-state index in [9.17, 15) is 22.8 Å². The van der Waals surface area contributed by atoms with Crippen LogP contribution in [0.2, 0.25) is 0 Å². The molecule has 180 valence electrons. The normalized spacial score (nSPS) is 11.4. The number of fused-ring (bicyclic) bond motifs is 1. The molecule has 1 heterocycles. The van der Waals surface area contributed by atoms with E-state index in [2.05, 4.69) is 10.0 Å². The van der Waals surface area contributed by atoms with Gasteiger partial charge in [-0.25, -0.2) is 13.2 Å². The minimum Gasteiger partial charge on any atom is -0.325 e. The standard InChI is InChI=1S/C25H24N4O5S/c1-3-28-24(31)21-6-4-5-7-22(21)29(25(28)32)16-23(30)26-18-10-12-19(13-11-18)27-35(33,34)20-14-8-17(2)9-15-20/h4-15,27H,3,16H2,1-2H3,(H,26,30). The molecule has 0 fully saturated rings. The van der Waals surface area contributed by atoms with Crippen molar-refractivity contribution in [2.24, 2.45) is 0 Å². The summed E-state index contributed by atoms with van der Waals surface area (Å²) < 4.78 is 30.0. The van der Waals surface area contributed by atoms with Crippen molar-refractivity contribution >= 4 is 38.2 Å². The number of nitrogens with one attached hydrogen (secondary N) is 2. The number of aryl methyl sites for hydroxylation is 1. The quantitative estimate of drug-likeness (QED) is 0.411. The van der Waals surface area contributed by atoms with E-state index in [1.807, 2.05) is 6.92 Å². The molecule has 0 bridgehead atoms. The molecule has 4 aromatic rings. The molecule has 9 nitrogen and oxygen atoms in total. The largest absolute Gasteiger partial charge is 0.331 e. The van der Waals surface area contributed by atoms with Gasteiger partial charge in [-0.15, -0.1) is 0 Å². The minimum absolute atomic E-state index is 0.145. The molecule has 4 rings (SSSR count). The number of rotatable bonds is 7. The zero-order valence-electron chi connectivity index (χ0n) is 19.2. The van der Waals surface area contributed by atoms with Crippen LogP contribution in [0.3, 0.4) is 0 Å². The monoisotopic (exact) mass is 492 g/mol. The van der Waals surface area contributed by atoms with Crippen molar-refractivity contribution in [3.63, 3.8) is 0 Å². The lowest BCUT2D eigenvalue weighted by molar-refractivity contribution is -0.116. The van der Waals surface area contributed by atoms with Crippen LogP contribution in [0.15, 0.2) is 87.3 Å². The highest BCUT2D eigenvalue weighted by molar-refractivity contribution is 7.92. The van der Waals surface area contributed by atoms with Gasteiger partial charge in [-0.1, -0.05) is 29.8 Å². The van der Waals surface area contributed by atoms with Crippen molar-refractivity contribution in [3.8, 4) is 0 Å². The number of sulfonamides is 1. The van der Waals surface area contributed by atoms with Crippen LogP contribution >= 0.6 is 0 Å². The number of nitrogens with zero attached hydrogens (tertiary/aromatic N) is 2. The number of amides is 1. The molecule has 0 atom stereocenters. The SMILES string of the molecule is CCn1c(=O)c2ccccc2n(CC(=O)Nc2ccc(NS(=O)(=O)c3ccc(C)cc3)cc2)c1=O. The Labute approximate surface area is 201 Å². The zero-order valence-corrected chi connectivity index (χ0v) is 20.0. The molecule has 0 spiro atoms. The van der Waals surface area contributed by atoms with Crippen LogP contribution in [0.4, 0.5) is 11.4 Å². The fraction of sp³-hybridized carbons (Fsp3) is 0.160. The maximum atomic E-state index is 12.8. The first-order chi connectivity index (χ1) is 16.7. The third kappa shape index (κ3) is 5.02. The van der Waals surface area contributed by atoms with Crippen molar-refractivity contribution in [2.45, 2.75) is 31.8 Å². The van der Waals surface area contributed by atoms with Gasteiger partial charge in [-0.2, -0.15) is 0 Å². The molecule has 0 aliphatic carbocycles. The number of aromatic nitrogens is 2. The van der Waals surface area contributed by atoms with E-state index >= 15 is 0 Å². The minimum atomic E-state index is -3.75. The number of carbonyl (C=O) groups excluding carboxylic acids is 1. The van der Waals surface area contributed by atoms with E-state index in [0.29, 0.717) is 22.3 Å². The van der Waals surface area contributed by atoms with E-state index in [-0.39, 0.29) is 18.0 Å². The van der Waals surface area contributed by atoms with Gasteiger partial charge in [0.25, 0.3) is 15.6 Å². The van der Waals surface area contributed by atoms with E-state index < -0.39 is 27.2 Å². The van der Waals surface area contributed by atoms with E-state index in [1.54, 1.807) is 55.5 Å². The average Bonchev–Trinajstić information content (AvgIpc) is 2.83. The molecule has 0 saturated heterocycles. The maximum Gasteiger partial charge on any atom is 0.331 e. The summed E-state index contributed by atoms with van der Waals surface area (Å²) in [7, 11) is -3.75. The summed E-state index contributed by atoms with van der Waals surface area (Å²) in [4.78, 5) is 38.2. The molecule has 3 aromatic carbocycles. The van der Waals surface area contributed by atoms with Gasteiger partial charge in [-0.05, 0) is 62.4 Å². The lowest BCUT2D eigenvalue weighted by Gasteiger charge is -2.13. The number of anilines is 2. The Kier molecular flexibility index (Phi) is 6.57. The molecular formula is C25H24N4O5S. The summed E-state index contributed by atoms with van der Waals surface area (Å²) in [5, 5.41) is 3.05. The first-order valence-corrected chi connectivity index (χ1v) is 12.4. The third-order valence-electron chi connectivity index (χ3n) is 5.50. The highest BCUT2D eigenvalue weighted by Gasteiger charge is 2.16. The second-order valence-corrected chi connectivity index (χ2v) is 9.66. The van der Waals surface area contributed by atoms with Crippen molar-refractivity contribution in [2.75, 3.05) is 10.0 Å². The van der Waals surface area contributed by atoms with Gasteiger partial charge in [0.2, 0.25) is 5.91 Å². The smallest absolute Gasteiger partial charge is 0.325 e. The number of hydrogen-bond acceptors (Lipinski definition) is 5. The van der Waals surface area contributed by atoms with Gasteiger partial charge in [0.05, 0.1) is 15.8 Å². The molecule has 0 saturated carbocycles.